The minimum absolute atomic E-state index is 0.194. The number of ether oxygens (including phenoxy) is 1. The highest BCUT2D eigenvalue weighted by molar-refractivity contribution is 5.95. The third-order valence-electron chi connectivity index (χ3n) is 4.90. The summed E-state index contributed by atoms with van der Waals surface area (Å²) in [5.74, 6) is 0.527. The summed E-state index contributed by atoms with van der Waals surface area (Å²) in [5.41, 5.74) is 1.37. The number of rotatable bonds is 3. The first-order valence-corrected chi connectivity index (χ1v) is 9.42. The molecule has 1 aliphatic heterocycles. The van der Waals surface area contributed by atoms with Crippen molar-refractivity contribution in [3.8, 4) is 11.3 Å². The summed E-state index contributed by atoms with van der Waals surface area (Å²) in [6.45, 7) is 4.38. The van der Waals surface area contributed by atoms with Crippen molar-refractivity contribution in [2.45, 2.75) is 6.92 Å². The van der Waals surface area contributed by atoms with Crippen LogP contribution in [0.3, 0.4) is 0 Å². The molecule has 2 aromatic carbocycles. The van der Waals surface area contributed by atoms with Crippen molar-refractivity contribution in [3.63, 3.8) is 0 Å². The highest BCUT2D eigenvalue weighted by Crippen LogP contribution is 2.27. The van der Waals surface area contributed by atoms with E-state index >= 15 is 0 Å². The Morgan fingerprint density at radius 2 is 1.86 bits per heavy atom. The zero-order valence-electron chi connectivity index (χ0n) is 15.7. The van der Waals surface area contributed by atoms with Crippen molar-refractivity contribution in [3.05, 3.63) is 58.9 Å². The SMILES string of the molecule is CCOC(=O)N1CCN(c2nc(-c3cccc4ccccc34)cc(=O)[nH]2)CC1. The summed E-state index contributed by atoms with van der Waals surface area (Å²) in [6.07, 6.45) is -0.298. The van der Waals surface area contributed by atoms with E-state index < -0.39 is 0 Å². The first-order valence-electron chi connectivity index (χ1n) is 9.42. The highest BCUT2D eigenvalue weighted by atomic mass is 16.6. The van der Waals surface area contributed by atoms with E-state index in [2.05, 4.69) is 4.98 Å². The molecule has 7 nitrogen and oxygen atoms in total. The van der Waals surface area contributed by atoms with Gasteiger partial charge in [-0.2, -0.15) is 0 Å². The molecule has 1 saturated heterocycles. The number of fused-ring (bicyclic) bond motifs is 1. The fourth-order valence-electron chi connectivity index (χ4n) is 3.50. The van der Waals surface area contributed by atoms with Crippen LogP contribution >= 0.6 is 0 Å². The summed E-state index contributed by atoms with van der Waals surface area (Å²) in [5, 5.41) is 2.16. The molecule has 144 valence electrons. The molecule has 2 heterocycles. The number of piperazine rings is 1. The van der Waals surface area contributed by atoms with E-state index in [0.29, 0.717) is 44.4 Å². The van der Waals surface area contributed by atoms with Gasteiger partial charge in [-0.1, -0.05) is 42.5 Å². The average molecular weight is 378 g/mol. The second-order valence-corrected chi connectivity index (χ2v) is 6.65. The van der Waals surface area contributed by atoms with Crippen molar-refractivity contribution in [2.75, 3.05) is 37.7 Å². The second-order valence-electron chi connectivity index (χ2n) is 6.65. The third-order valence-corrected chi connectivity index (χ3v) is 4.90. The molecule has 0 spiro atoms. The Labute approximate surface area is 162 Å². The molecular formula is C21H22N4O3. The molecule has 0 aliphatic carbocycles. The van der Waals surface area contributed by atoms with Gasteiger partial charge in [0.2, 0.25) is 5.95 Å². The minimum Gasteiger partial charge on any atom is -0.450 e. The molecule has 3 aromatic rings. The normalized spacial score (nSPS) is 14.3. The predicted octanol–water partition coefficient (Wildman–Crippen LogP) is 2.87. The van der Waals surface area contributed by atoms with Gasteiger partial charge >= 0.3 is 6.09 Å². The molecule has 1 N–H and O–H groups in total. The summed E-state index contributed by atoms with van der Waals surface area (Å²) in [4.78, 5) is 35.4. The van der Waals surface area contributed by atoms with Gasteiger partial charge in [0.05, 0.1) is 12.3 Å². The topological polar surface area (TPSA) is 78.5 Å². The number of nitrogens with one attached hydrogen (secondary N) is 1. The van der Waals surface area contributed by atoms with Crippen LogP contribution in [0.2, 0.25) is 0 Å². The Morgan fingerprint density at radius 1 is 1.11 bits per heavy atom. The standard InChI is InChI=1S/C21H22N4O3/c1-2-28-21(27)25-12-10-24(11-13-25)20-22-18(14-19(26)23-20)17-9-5-7-15-6-3-4-8-16(15)17/h3-9,14H,2,10-13H2,1H3,(H,22,23,26). The molecule has 1 amide bonds. The van der Waals surface area contributed by atoms with Gasteiger partial charge in [0.1, 0.15) is 0 Å². The Bertz CT molecular complexity index is 1050. The van der Waals surface area contributed by atoms with Gasteiger partial charge in [0.15, 0.2) is 0 Å². The zero-order valence-corrected chi connectivity index (χ0v) is 15.7. The summed E-state index contributed by atoms with van der Waals surface area (Å²) in [7, 11) is 0. The Kier molecular flexibility index (Phi) is 4.97. The molecule has 0 radical (unpaired) electrons. The Hall–Kier alpha value is -3.35. The van der Waals surface area contributed by atoms with E-state index in [1.54, 1.807) is 11.8 Å². The lowest BCUT2D eigenvalue weighted by atomic mass is 10.0. The monoisotopic (exact) mass is 378 g/mol. The number of aromatic nitrogens is 2. The van der Waals surface area contributed by atoms with Gasteiger partial charge in [-0.3, -0.25) is 9.78 Å². The molecule has 4 rings (SSSR count). The molecule has 7 heteroatoms. The summed E-state index contributed by atoms with van der Waals surface area (Å²) in [6, 6.07) is 15.6. The summed E-state index contributed by atoms with van der Waals surface area (Å²) >= 11 is 0. The Balaban J connectivity index is 1.62. The minimum atomic E-state index is -0.298. The van der Waals surface area contributed by atoms with Gasteiger partial charge in [-0.15, -0.1) is 0 Å². The van der Waals surface area contributed by atoms with Gasteiger partial charge in [-0.05, 0) is 17.7 Å². The first kappa shape index (κ1) is 18.0. The molecule has 0 atom stereocenters. The maximum absolute atomic E-state index is 12.3. The average Bonchev–Trinajstić information content (AvgIpc) is 2.73. The number of benzene rings is 2. The van der Waals surface area contributed by atoms with E-state index in [-0.39, 0.29) is 11.7 Å². The lowest BCUT2D eigenvalue weighted by Crippen LogP contribution is -2.49. The quantitative estimate of drug-likeness (QED) is 0.758. The van der Waals surface area contributed by atoms with Gasteiger partial charge in [-0.25, -0.2) is 9.78 Å². The van der Waals surface area contributed by atoms with Crippen LogP contribution in [0.4, 0.5) is 10.7 Å². The van der Waals surface area contributed by atoms with Gasteiger partial charge in [0.25, 0.3) is 5.56 Å². The van der Waals surface area contributed by atoms with Crippen molar-refractivity contribution < 1.29 is 9.53 Å². The van der Waals surface area contributed by atoms with Crippen LogP contribution < -0.4 is 10.5 Å². The Morgan fingerprint density at radius 3 is 2.64 bits per heavy atom. The van der Waals surface area contributed by atoms with Crippen LogP contribution in [0, 0.1) is 0 Å². The highest BCUT2D eigenvalue weighted by Gasteiger charge is 2.23. The lowest BCUT2D eigenvalue weighted by Gasteiger charge is -2.34. The van der Waals surface area contributed by atoms with Gasteiger partial charge < -0.3 is 14.5 Å². The van der Waals surface area contributed by atoms with E-state index in [1.807, 2.05) is 47.4 Å². The fourth-order valence-corrected chi connectivity index (χ4v) is 3.50. The van der Waals surface area contributed by atoms with Crippen molar-refractivity contribution in [2.24, 2.45) is 0 Å². The summed E-state index contributed by atoms with van der Waals surface area (Å²) < 4.78 is 5.05. The fraction of sp³-hybridized carbons (Fsp3) is 0.286. The van der Waals surface area contributed by atoms with Crippen molar-refractivity contribution >= 4 is 22.8 Å². The van der Waals surface area contributed by atoms with Crippen LogP contribution in [-0.2, 0) is 4.74 Å². The number of hydrogen-bond donors (Lipinski definition) is 1. The van der Waals surface area contributed by atoms with Crippen molar-refractivity contribution in [1.29, 1.82) is 0 Å². The van der Waals surface area contributed by atoms with E-state index in [1.165, 1.54) is 6.07 Å². The smallest absolute Gasteiger partial charge is 0.409 e. The molecule has 1 fully saturated rings. The number of hydrogen-bond acceptors (Lipinski definition) is 5. The third kappa shape index (κ3) is 3.55. The maximum atomic E-state index is 12.3. The lowest BCUT2D eigenvalue weighted by molar-refractivity contribution is 0.105. The number of carbonyl (C=O) groups excluding carboxylic acids is 1. The molecule has 1 aliphatic rings. The first-order chi connectivity index (χ1) is 13.7. The van der Waals surface area contributed by atoms with E-state index in [4.69, 9.17) is 9.72 Å². The maximum Gasteiger partial charge on any atom is 0.409 e. The number of nitrogens with zero attached hydrogens (tertiary/aromatic N) is 3. The zero-order chi connectivity index (χ0) is 19.5. The molecule has 0 saturated carbocycles. The second kappa shape index (κ2) is 7.72. The largest absolute Gasteiger partial charge is 0.450 e. The number of H-pyrrole nitrogens is 1. The number of carbonyl (C=O) groups is 1. The molecular weight excluding hydrogens is 356 g/mol. The number of anilines is 1. The van der Waals surface area contributed by atoms with Crippen LogP contribution in [0.1, 0.15) is 6.92 Å². The van der Waals surface area contributed by atoms with Crippen molar-refractivity contribution in [1.82, 2.24) is 14.9 Å². The van der Waals surface area contributed by atoms with Crippen LogP contribution in [0.15, 0.2) is 53.3 Å². The number of amides is 1. The van der Waals surface area contributed by atoms with E-state index in [0.717, 1.165) is 16.3 Å². The number of aromatic amines is 1. The predicted molar refractivity (Wildman–Crippen MR) is 109 cm³/mol. The van der Waals surface area contributed by atoms with E-state index in [9.17, 15) is 9.59 Å². The van der Waals surface area contributed by atoms with Gasteiger partial charge in [0, 0.05) is 37.8 Å². The van der Waals surface area contributed by atoms with Crippen LogP contribution in [0.5, 0.6) is 0 Å². The molecule has 0 unspecified atom stereocenters. The molecule has 0 bridgehead atoms. The molecule has 28 heavy (non-hydrogen) atoms. The van der Waals surface area contributed by atoms with Crippen LogP contribution in [0.25, 0.3) is 22.0 Å². The van der Waals surface area contributed by atoms with Crippen LogP contribution in [-0.4, -0.2) is 53.7 Å². The molecule has 1 aromatic heterocycles.